The Kier molecular flexibility index (Phi) is 5.23. The van der Waals surface area contributed by atoms with Gasteiger partial charge in [0.2, 0.25) is 0 Å². The van der Waals surface area contributed by atoms with E-state index in [-0.39, 0.29) is 12.5 Å². The summed E-state index contributed by atoms with van der Waals surface area (Å²) in [6.45, 7) is 4.58. The topological polar surface area (TPSA) is 32.8 Å². The molecule has 0 aliphatic rings. The van der Waals surface area contributed by atoms with E-state index in [0.29, 0.717) is 6.54 Å². The van der Waals surface area contributed by atoms with Crippen molar-refractivity contribution in [3.05, 3.63) is 43.0 Å². The minimum absolute atomic E-state index is 0.0989. The van der Waals surface area contributed by atoms with Crippen molar-refractivity contribution < 1.29 is 9.63 Å². The van der Waals surface area contributed by atoms with E-state index in [0.717, 1.165) is 5.69 Å². The van der Waals surface area contributed by atoms with Gasteiger partial charge in [-0.2, -0.15) is 0 Å². The number of anilines is 1. The number of nitrogens with zero attached hydrogens (tertiary/aromatic N) is 2. The Bertz CT molecular complexity index is 365. The third kappa shape index (κ3) is 3.92. The lowest BCUT2D eigenvalue weighted by molar-refractivity contribution is -0.166. The van der Waals surface area contributed by atoms with E-state index in [4.69, 9.17) is 4.84 Å². The molecule has 0 saturated carbocycles. The first-order valence-corrected chi connectivity index (χ1v) is 5.40. The summed E-state index contributed by atoms with van der Waals surface area (Å²) in [4.78, 5) is 18.6. The first kappa shape index (κ1) is 13.3. The monoisotopic (exact) mass is 234 g/mol. The number of likely N-dealkylation sites (N-methyl/N-ethyl adjacent to an activating group) is 1. The second kappa shape index (κ2) is 6.70. The standard InChI is InChI=1S/C13H18N2O2/c1-4-10-15(11-13(16)14(2)17-3)12-8-6-5-7-9-12/h4-9H,1,10-11H2,2-3H3. The van der Waals surface area contributed by atoms with Crippen LogP contribution >= 0.6 is 0 Å². The Hall–Kier alpha value is -1.81. The predicted molar refractivity (Wildman–Crippen MR) is 68.6 cm³/mol. The maximum atomic E-state index is 11.8. The normalized spacial score (nSPS) is 9.76. The fourth-order valence-corrected chi connectivity index (χ4v) is 1.42. The van der Waals surface area contributed by atoms with Gasteiger partial charge >= 0.3 is 0 Å². The summed E-state index contributed by atoms with van der Waals surface area (Å²) >= 11 is 0. The fraction of sp³-hybridized carbons (Fsp3) is 0.308. The van der Waals surface area contributed by atoms with E-state index in [2.05, 4.69) is 6.58 Å². The molecule has 0 spiro atoms. The lowest BCUT2D eigenvalue weighted by Gasteiger charge is -2.24. The molecule has 4 nitrogen and oxygen atoms in total. The number of para-hydroxylation sites is 1. The highest BCUT2D eigenvalue weighted by Gasteiger charge is 2.13. The van der Waals surface area contributed by atoms with Gasteiger partial charge in [0.05, 0.1) is 13.7 Å². The molecule has 0 bridgehead atoms. The number of amides is 1. The molecule has 0 fully saturated rings. The lowest BCUT2D eigenvalue weighted by Crippen LogP contribution is -2.38. The van der Waals surface area contributed by atoms with Crippen molar-refractivity contribution in [3.8, 4) is 0 Å². The number of hydrogen-bond acceptors (Lipinski definition) is 3. The number of rotatable bonds is 6. The summed E-state index contributed by atoms with van der Waals surface area (Å²) in [6.07, 6.45) is 1.77. The van der Waals surface area contributed by atoms with Gasteiger partial charge in [0.15, 0.2) is 0 Å². The summed E-state index contributed by atoms with van der Waals surface area (Å²) in [5.74, 6) is -0.0989. The first-order valence-electron chi connectivity index (χ1n) is 5.40. The molecule has 0 aliphatic heterocycles. The van der Waals surface area contributed by atoms with Crippen molar-refractivity contribution in [2.24, 2.45) is 0 Å². The molecule has 4 heteroatoms. The van der Waals surface area contributed by atoms with Gasteiger partial charge < -0.3 is 4.90 Å². The van der Waals surface area contributed by atoms with Gasteiger partial charge in [-0.25, -0.2) is 5.06 Å². The zero-order valence-corrected chi connectivity index (χ0v) is 10.3. The molecule has 17 heavy (non-hydrogen) atoms. The van der Waals surface area contributed by atoms with Gasteiger partial charge in [-0.15, -0.1) is 6.58 Å². The third-order valence-electron chi connectivity index (χ3n) is 2.42. The number of benzene rings is 1. The zero-order chi connectivity index (χ0) is 12.7. The smallest absolute Gasteiger partial charge is 0.265 e. The quantitative estimate of drug-likeness (QED) is 0.555. The summed E-state index contributed by atoms with van der Waals surface area (Å²) in [5.41, 5.74) is 0.991. The molecule has 1 aromatic rings. The van der Waals surface area contributed by atoms with Crippen molar-refractivity contribution in [1.82, 2.24) is 5.06 Å². The summed E-state index contributed by atoms with van der Waals surface area (Å²) < 4.78 is 0. The van der Waals surface area contributed by atoms with E-state index < -0.39 is 0 Å². The molecule has 92 valence electrons. The molecule has 1 amide bonds. The largest absolute Gasteiger partial charge is 0.358 e. The maximum absolute atomic E-state index is 11.8. The van der Waals surface area contributed by atoms with Gasteiger partial charge in [0, 0.05) is 19.3 Å². The molecule has 0 heterocycles. The van der Waals surface area contributed by atoms with Crippen LogP contribution in [-0.4, -0.2) is 38.2 Å². The molecule has 0 aromatic heterocycles. The average Bonchev–Trinajstić information content (AvgIpc) is 2.38. The minimum atomic E-state index is -0.0989. The number of carbonyl (C=O) groups is 1. The van der Waals surface area contributed by atoms with Crippen LogP contribution in [0.2, 0.25) is 0 Å². The Morgan fingerprint density at radius 2 is 2.06 bits per heavy atom. The second-order valence-electron chi connectivity index (χ2n) is 3.58. The lowest BCUT2D eigenvalue weighted by atomic mass is 10.3. The van der Waals surface area contributed by atoms with Crippen molar-refractivity contribution in [3.63, 3.8) is 0 Å². The summed E-state index contributed by atoms with van der Waals surface area (Å²) in [6, 6.07) is 9.75. The summed E-state index contributed by atoms with van der Waals surface area (Å²) in [7, 11) is 3.07. The van der Waals surface area contributed by atoms with Crippen molar-refractivity contribution in [1.29, 1.82) is 0 Å². The summed E-state index contributed by atoms with van der Waals surface area (Å²) in [5, 5.41) is 1.22. The molecule has 0 unspecified atom stereocenters. The third-order valence-corrected chi connectivity index (χ3v) is 2.42. The molecule has 1 aromatic carbocycles. The molecule has 1 rings (SSSR count). The SMILES string of the molecule is C=CCN(CC(=O)N(C)OC)c1ccccc1. The number of hydrogen-bond donors (Lipinski definition) is 0. The number of hydroxylamine groups is 2. The minimum Gasteiger partial charge on any atom is -0.358 e. The Morgan fingerprint density at radius 3 is 2.59 bits per heavy atom. The Morgan fingerprint density at radius 1 is 1.41 bits per heavy atom. The van der Waals surface area contributed by atoms with Crippen LogP contribution in [-0.2, 0) is 9.63 Å². The van der Waals surface area contributed by atoms with E-state index >= 15 is 0 Å². The molecule has 0 saturated heterocycles. The fourth-order valence-electron chi connectivity index (χ4n) is 1.42. The molecule has 0 aliphatic carbocycles. The van der Waals surface area contributed by atoms with Crippen LogP contribution in [0, 0.1) is 0 Å². The van der Waals surface area contributed by atoms with Gasteiger partial charge in [-0.3, -0.25) is 9.63 Å². The van der Waals surface area contributed by atoms with E-state index in [9.17, 15) is 4.79 Å². The molecule has 0 radical (unpaired) electrons. The highest BCUT2D eigenvalue weighted by Crippen LogP contribution is 2.12. The van der Waals surface area contributed by atoms with Gasteiger partial charge in [0.1, 0.15) is 0 Å². The zero-order valence-electron chi connectivity index (χ0n) is 10.3. The van der Waals surface area contributed by atoms with Crippen molar-refractivity contribution >= 4 is 11.6 Å². The van der Waals surface area contributed by atoms with Crippen LogP contribution in [0.25, 0.3) is 0 Å². The van der Waals surface area contributed by atoms with Crippen LogP contribution in [0.4, 0.5) is 5.69 Å². The van der Waals surface area contributed by atoms with E-state index in [1.54, 1.807) is 13.1 Å². The van der Waals surface area contributed by atoms with Crippen LogP contribution in [0.3, 0.4) is 0 Å². The van der Waals surface area contributed by atoms with Crippen LogP contribution in [0.15, 0.2) is 43.0 Å². The van der Waals surface area contributed by atoms with Gasteiger partial charge in [-0.1, -0.05) is 24.3 Å². The molecular formula is C13H18N2O2. The Balaban J connectivity index is 2.74. The first-order chi connectivity index (χ1) is 8.19. The van der Waals surface area contributed by atoms with Crippen molar-refractivity contribution in [2.75, 3.05) is 32.1 Å². The second-order valence-corrected chi connectivity index (χ2v) is 3.58. The van der Waals surface area contributed by atoms with Gasteiger partial charge in [0.25, 0.3) is 5.91 Å². The Labute approximate surface area is 102 Å². The van der Waals surface area contributed by atoms with Crippen LogP contribution in [0.5, 0.6) is 0 Å². The molecule has 0 atom stereocenters. The average molecular weight is 234 g/mol. The van der Waals surface area contributed by atoms with E-state index in [1.807, 2.05) is 35.2 Å². The van der Waals surface area contributed by atoms with E-state index in [1.165, 1.54) is 12.2 Å². The number of carbonyl (C=O) groups excluding carboxylic acids is 1. The molecule has 0 N–H and O–H groups in total. The van der Waals surface area contributed by atoms with Crippen molar-refractivity contribution in [2.45, 2.75) is 0 Å². The van der Waals surface area contributed by atoms with Crippen LogP contribution in [0.1, 0.15) is 0 Å². The predicted octanol–water partition coefficient (Wildman–Crippen LogP) is 1.70. The highest BCUT2D eigenvalue weighted by molar-refractivity contribution is 5.80. The van der Waals surface area contributed by atoms with Crippen LogP contribution < -0.4 is 4.90 Å². The van der Waals surface area contributed by atoms with Gasteiger partial charge in [-0.05, 0) is 12.1 Å². The maximum Gasteiger partial charge on any atom is 0.265 e. The highest BCUT2D eigenvalue weighted by atomic mass is 16.7. The molecular weight excluding hydrogens is 216 g/mol.